The number of carbonyl (C=O) groups is 1. The monoisotopic (exact) mass is 194 g/mol. The molecule has 1 nitrogen and oxygen atoms in total. The molecule has 0 fully saturated rings. The average molecular weight is 195 g/mol. The van der Waals surface area contributed by atoms with Gasteiger partial charge in [-0.25, -0.2) is 0 Å². The molecule has 1 rings (SSSR count). The number of rotatable bonds is 2. The van der Waals surface area contributed by atoms with Crippen molar-refractivity contribution in [2.45, 2.75) is 13.8 Å². The van der Waals surface area contributed by atoms with Crippen molar-refractivity contribution in [1.82, 2.24) is 0 Å². The molecule has 0 aliphatic heterocycles. The van der Waals surface area contributed by atoms with E-state index in [2.05, 4.69) is 6.58 Å². The second-order valence-electron chi connectivity index (χ2n) is 3.05. The highest BCUT2D eigenvalue weighted by Gasteiger charge is 2.11. The lowest BCUT2D eigenvalue weighted by molar-refractivity contribution is 0.103. The van der Waals surface area contributed by atoms with Crippen LogP contribution in [0.2, 0.25) is 5.02 Å². The zero-order valence-corrected chi connectivity index (χ0v) is 8.48. The Bertz CT molecular complexity index is 366. The fourth-order valence-corrected chi connectivity index (χ4v) is 1.26. The predicted octanol–water partition coefficient (Wildman–Crippen LogP) is 3.41. The Kier molecular flexibility index (Phi) is 2.89. The first kappa shape index (κ1) is 10.0. The summed E-state index contributed by atoms with van der Waals surface area (Å²) in [6.45, 7) is 7.15. The first-order chi connectivity index (χ1) is 6.04. The van der Waals surface area contributed by atoms with Crippen LogP contribution >= 0.6 is 11.6 Å². The number of benzene rings is 1. The van der Waals surface area contributed by atoms with Crippen molar-refractivity contribution in [2.24, 2.45) is 0 Å². The van der Waals surface area contributed by atoms with Gasteiger partial charge >= 0.3 is 0 Å². The maximum Gasteiger partial charge on any atom is 0.189 e. The number of hydrogen-bond acceptors (Lipinski definition) is 1. The summed E-state index contributed by atoms with van der Waals surface area (Å²) in [6.07, 6.45) is 0. The Labute approximate surface area is 83.0 Å². The van der Waals surface area contributed by atoms with Crippen molar-refractivity contribution in [3.8, 4) is 0 Å². The number of carbonyl (C=O) groups excluding carboxylic acids is 1. The molecule has 0 aromatic heterocycles. The van der Waals surface area contributed by atoms with Gasteiger partial charge in [0.25, 0.3) is 0 Å². The second-order valence-corrected chi connectivity index (χ2v) is 3.42. The summed E-state index contributed by atoms with van der Waals surface area (Å²) >= 11 is 5.97. The molecule has 0 saturated carbocycles. The molecule has 0 heterocycles. The van der Waals surface area contributed by atoms with Crippen LogP contribution in [0.15, 0.2) is 30.4 Å². The number of Topliss-reactive ketones (excluding diaryl/α,β-unsaturated/α-hetero) is 1. The molecule has 0 radical (unpaired) electrons. The average Bonchev–Trinajstić information content (AvgIpc) is 2.08. The van der Waals surface area contributed by atoms with Gasteiger partial charge in [0.1, 0.15) is 0 Å². The van der Waals surface area contributed by atoms with Gasteiger partial charge in [-0.3, -0.25) is 4.79 Å². The smallest absolute Gasteiger partial charge is 0.189 e. The molecule has 1 aromatic rings. The molecular formula is C11H11ClO. The van der Waals surface area contributed by atoms with E-state index in [-0.39, 0.29) is 5.78 Å². The fraction of sp³-hybridized carbons (Fsp3) is 0.182. The minimum Gasteiger partial charge on any atom is -0.289 e. The Morgan fingerprint density at radius 3 is 2.62 bits per heavy atom. The van der Waals surface area contributed by atoms with Crippen LogP contribution in [-0.2, 0) is 0 Å². The Hall–Kier alpha value is -1.08. The van der Waals surface area contributed by atoms with E-state index in [4.69, 9.17) is 11.6 Å². The number of aryl methyl sites for hydroxylation is 1. The third-order valence-corrected chi connectivity index (χ3v) is 2.33. The first-order valence-electron chi connectivity index (χ1n) is 3.99. The third kappa shape index (κ3) is 1.99. The minimum absolute atomic E-state index is 0.0892. The van der Waals surface area contributed by atoms with Gasteiger partial charge in [0.05, 0.1) is 5.02 Å². The molecule has 0 bridgehead atoms. The van der Waals surface area contributed by atoms with Crippen LogP contribution < -0.4 is 0 Å². The molecule has 0 atom stereocenters. The topological polar surface area (TPSA) is 17.1 Å². The van der Waals surface area contributed by atoms with Crippen LogP contribution in [0.5, 0.6) is 0 Å². The van der Waals surface area contributed by atoms with E-state index in [1.54, 1.807) is 13.0 Å². The zero-order valence-electron chi connectivity index (χ0n) is 7.73. The van der Waals surface area contributed by atoms with Crippen LogP contribution in [0.4, 0.5) is 0 Å². The van der Waals surface area contributed by atoms with Gasteiger partial charge in [0.2, 0.25) is 0 Å². The summed E-state index contributed by atoms with van der Waals surface area (Å²) in [6, 6.07) is 5.40. The molecule has 68 valence electrons. The number of halogens is 1. The fourth-order valence-electron chi connectivity index (χ4n) is 1.05. The highest BCUT2D eigenvalue weighted by molar-refractivity contribution is 6.35. The second kappa shape index (κ2) is 3.75. The standard InChI is InChI=1S/C11H11ClO/c1-7(2)11(13)9-6-4-5-8(3)10(9)12/h4-6H,1H2,2-3H3. The third-order valence-electron chi connectivity index (χ3n) is 1.82. The van der Waals surface area contributed by atoms with Crippen molar-refractivity contribution >= 4 is 17.4 Å². The highest BCUT2D eigenvalue weighted by atomic mass is 35.5. The molecule has 13 heavy (non-hydrogen) atoms. The van der Waals surface area contributed by atoms with Crippen molar-refractivity contribution in [1.29, 1.82) is 0 Å². The lowest BCUT2D eigenvalue weighted by Crippen LogP contribution is -2.01. The Balaban J connectivity index is 3.23. The molecule has 0 N–H and O–H groups in total. The maximum absolute atomic E-state index is 11.5. The summed E-state index contributed by atoms with van der Waals surface area (Å²) in [7, 11) is 0. The number of ketones is 1. The number of hydrogen-bond donors (Lipinski definition) is 0. The Morgan fingerprint density at radius 1 is 1.46 bits per heavy atom. The van der Waals surface area contributed by atoms with E-state index >= 15 is 0 Å². The molecule has 0 aliphatic rings. The largest absolute Gasteiger partial charge is 0.289 e. The summed E-state index contributed by atoms with van der Waals surface area (Å²) in [5, 5.41) is 0.524. The molecule has 1 aromatic carbocycles. The van der Waals surface area contributed by atoms with E-state index in [0.717, 1.165) is 5.56 Å². The summed E-state index contributed by atoms with van der Waals surface area (Å²) in [5.74, 6) is -0.0892. The molecule has 0 saturated heterocycles. The Morgan fingerprint density at radius 2 is 2.08 bits per heavy atom. The summed E-state index contributed by atoms with van der Waals surface area (Å²) < 4.78 is 0. The highest BCUT2D eigenvalue weighted by Crippen LogP contribution is 2.22. The van der Waals surface area contributed by atoms with Crippen molar-refractivity contribution in [3.05, 3.63) is 46.5 Å². The normalized spacial score (nSPS) is 9.77. The summed E-state index contributed by atoms with van der Waals surface area (Å²) in [5.41, 5.74) is 1.95. The van der Waals surface area contributed by atoms with Gasteiger partial charge in [-0.1, -0.05) is 30.3 Å². The molecular weight excluding hydrogens is 184 g/mol. The lowest BCUT2D eigenvalue weighted by Gasteiger charge is -2.04. The van der Waals surface area contributed by atoms with Crippen LogP contribution in [0.3, 0.4) is 0 Å². The van der Waals surface area contributed by atoms with E-state index in [9.17, 15) is 4.79 Å². The van der Waals surface area contributed by atoms with Crippen molar-refractivity contribution in [2.75, 3.05) is 0 Å². The molecule has 2 heteroatoms. The van der Waals surface area contributed by atoms with Gasteiger partial charge in [-0.2, -0.15) is 0 Å². The SMILES string of the molecule is C=C(C)C(=O)c1cccc(C)c1Cl. The van der Waals surface area contributed by atoms with Gasteiger partial charge < -0.3 is 0 Å². The van der Waals surface area contributed by atoms with Gasteiger partial charge in [-0.05, 0) is 31.1 Å². The van der Waals surface area contributed by atoms with Gasteiger partial charge in [0, 0.05) is 5.56 Å². The van der Waals surface area contributed by atoms with E-state index in [1.807, 2.05) is 19.1 Å². The van der Waals surface area contributed by atoms with Gasteiger partial charge in [-0.15, -0.1) is 0 Å². The van der Waals surface area contributed by atoms with E-state index < -0.39 is 0 Å². The maximum atomic E-state index is 11.5. The summed E-state index contributed by atoms with van der Waals surface area (Å²) in [4.78, 5) is 11.5. The minimum atomic E-state index is -0.0892. The number of allylic oxidation sites excluding steroid dienone is 1. The zero-order chi connectivity index (χ0) is 10.0. The van der Waals surface area contributed by atoms with E-state index in [1.165, 1.54) is 0 Å². The predicted molar refractivity (Wildman–Crippen MR) is 55.3 cm³/mol. The molecule has 0 amide bonds. The molecule has 0 unspecified atom stereocenters. The first-order valence-corrected chi connectivity index (χ1v) is 4.37. The van der Waals surface area contributed by atoms with Crippen molar-refractivity contribution in [3.63, 3.8) is 0 Å². The molecule has 0 spiro atoms. The van der Waals surface area contributed by atoms with E-state index in [0.29, 0.717) is 16.2 Å². The van der Waals surface area contributed by atoms with Crippen LogP contribution in [0, 0.1) is 6.92 Å². The van der Waals surface area contributed by atoms with Crippen LogP contribution in [-0.4, -0.2) is 5.78 Å². The van der Waals surface area contributed by atoms with Crippen molar-refractivity contribution < 1.29 is 4.79 Å². The van der Waals surface area contributed by atoms with Crippen LogP contribution in [0.25, 0.3) is 0 Å². The quantitative estimate of drug-likeness (QED) is 0.521. The van der Waals surface area contributed by atoms with Gasteiger partial charge in [0.15, 0.2) is 5.78 Å². The molecule has 0 aliphatic carbocycles. The lowest BCUT2D eigenvalue weighted by atomic mass is 10.0. The van der Waals surface area contributed by atoms with Crippen LogP contribution in [0.1, 0.15) is 22.8 Å².